The molecule has 1 saturated heterocycles. The van der Waals surface area contributed by atoms with Gasteiger partial charge in [0, 0.05) is 6.04 Å². The van der Waals surface area contributed by atoms with Crippen molar-refractivity contribution >= 4 is 0 Å². The molecule has 0 saturated carbocycles. The van der Waals surface area contributed by atoms with Gasteiger partial charge in [0.25, 0.3) is 5.89 Å². The first kappa shape index (κ1) is 11.5. The van der Waals surface area contributed by atoms with Crippen molar-refractivity contribution in [2.45, 2.75) is 38.8 Å². The van der Waals surface area contributed by atoms with Gasteiger partial charge in [-0.25, -0.2) is 0 Å². The van der Waals surface area contributed by atoms with Crippen molar-refractivity contribution in [2.24, 2.45) is 0 Å². The zero-order valence-electron chi connectivity index (χ0n) is 10.5. The molecule has 2 aromatic rings. The fraction of sp³-hybridized carbons (Fsp3) is 0.538. The molecule has 0 unspecified atom stereocenters. The highest BCUT2D eigenvalue weighted by atomic mass is 16.4. The van der Waals surface area contributed by atoms with Crippen LogP contribution in [-0.2, 0) is 6.54 Å². The number of nitrogens with zero attached hydrogens (tertiary/aromatic N) is 3. The van der Waals surface area contributed by atoms with Gasteiger partial charge in [-0.15, -0.1) is 10.2 Å². The summed E-state index contributed by atoms with van der Waals surface area (Å²) in [7, 11) is 0. The van der Waals surface area contributed by atoms with Gasteiger partial charge in [-0.05, 0) is 38.4 Å². The van der Waals surface area contributed by atoms with Crippen LogP contribution in [0.5, 0.6) is 0 Å². The molecule has 1 atom stereocenters. The van der Waals surface area contributed by atoms with E-state index in [-0.39, 0.29) is 0 Å². The lowest BCUT2D eigenvalue weighted by Crippen LogP contribution is -2.36. The van der Waals surface area contributed by atoms with Crippen LogP contribution in [0.2, 0.25) is 0 Å². The topological polar surface area (TPSA) is 55.3 Å². The molecule has 18 heavy (non-hydrogen) atoms. The molecular weight excluding hydrogens is 230 g/mol. The van der Waals surface area contributed by atoms with Gasteiger partial charge in [-0.3, -0.25) is 4.90 Å². The Hall–Kier alpha value is -1.62. The standard InChI is InChI=1S/C13H17N3O2/c1-10-5-2-3-7-16(10)9-12-14-15-13(18-12)11-6-4-8-17-11/h4,6,8,10H,2-3,5,7,9H2,1H3/t10-/m0/s1. The maximum absolute atomic E-state index is 5.62. The van der Waals surface area contributed by atoms with Crippen molar-refractivity contribution in [2.75, 3.05) is 6.54 Å². The molecule has 1 aliphatic heterocycles. The second-order valence-corrected chi connectivity index (χ2v) is 4.79. The van der Waals surface area contributed by atoms with E-state index < -0.39 is 0 Å². The zero-order valence-corrected chi connectivity index (χ0v) is 10.5. The predicted molar refractivity (Wildman–Crippen MR) is 65.7 cm³/mol. The van der Waals surface area contributed by atoms with Crippen LogP contribution in [-0.4, -0.2) is 27.7 Å². The fourth-order valence-electron chi connectivity index (χ4n) is 2.38. The molecule has 1 aliphatic rings. The molecule has 0 radical (unpaired) electrons. The van der Waals surface area contributed by atoms with Crippen LogP contribution in [0.4, 0.5) is 0 Å². The third-order valence-electron chi connectivity index (χ3n) is 3.48. The summed E-state index contributed by atoms with van der Waals surface area (Å²) in [5, 5.41) is 8.09. The number of piperidine rings is 1. The van der Waals surface area contributed by atoms with Crippen LogP contribution >= 0.6 is 0 Å². The summed E-state index contributed by atoms with van der Waals surface area (Å²) in [6.07, 6.45) is 5.42. The first-order valence-electron chi connectivity index (χ1n) is 6.43. The van der Waals surface area contributed by atoms with Crippen molar-refractivity contribution in [1.82, 2.24) is 15.1 Å². The molecule has 0 aliphatic carbocycles. The highest BCUT2D eigenvalue weighted by molar-refractivity contribution is 5.42. The van der Waals surface area contributed by atoms with Crippen LogP contribution in [0.1, 0.15) is 32.1 Å². The van der Waals surface area contributed by atoms with Crippen molar-refractivity contribution < 1.29 is 8.83 Å². The molecule has 0 N–H and O–H groups in total. The van der Waals surface area contributed by atoms with Gasteiger partial charge in [0.2, 0.25) is 5.89 Å². The number of furan rings is 1. The summed E-state index contributed by atoms with van der Waals surface area (Å²) in [6.45, 7) is 4.09. The molecular formula is C13H17N3O2. The number of hydrogen-bond acceptors (Lipinski definition) is 5. The van der Waals surface area contributed by atoms with E-state index >= 15 is 0 Å². The minimum absolute atomic E-state index is 0.458. The van der Waals surface area contributed by atoms with Gasteiger partial charge >= 0.3 is 0 Å². The molecule has 3 heterocycles. The van der Waals surface area contributed by atoms with E-state index in [1.807, 2.05) is 12.1 Å². The molecule has 96 valence electrons. The molecule has 2 aromatic heterocycles. The molecule has 1 fully saturated rings. The van der Waals surface area contributed by atoms with E-state index in [4.69, 9.17) is 8.83 Å². The largest absolute Gasteiger partial charge is 0.459 e. The van der Waals surface area contributed by atoms with Crippen molar-refractivity contribution in [1.29, 1.82) is 0 Å². The quantitative estimate of drug-likeness (QED) is 0.834. The Labute approximate surface area is 106 Å². The van der Waals surface area contributed by atoms with Crippen LogP contribution in [0, 0.1) is 0 Å². The van der Waals surface area contributed by atoms with Crippen LogP contribution < -0.4 is 0 Å². The average molecular weight is 247 g/mol. The minimum atomic E-state index is 0.458. The smallest absolute Gasteiger partial charge is 0.283 e. The summed E-state index contributed by atoms with van der Waals surface area (Å²) in [4.78, 5) is 2.39. The average Bonchev–Trinajstić information content (AvgIpc) is 3.02. The van der Waals surface area contributed by atoms with Gasteiger partial charge in [0.15, 0.2) is 5.76 Å². The Balaban J connectivity index is 1.70. The molecule has 0 spiro atoms. The molecule has 3 rings (SSSR count). The fourth-order valence-corrected chi connectivity index (χ4v) is 2.38. The Morgan fingerprint density at radius 2 is 2.33 bits per heavy atom. The second-order valence-electron chi connectivity index (χ2n) is 4.79. The SMILES string of the molecule is C[C@H]1CCCCN1Cc1nnc(-c2ccco2)o1. The van der Waals surface area contributed by atoms with Gasteiger partial charge in [0.1, 0.15) is 0 Å². The van der Waals surface area contributed by atoms with E-state index in [0.29, 0.717) is 23.6 Å². The number of likely N-dealkylation sites (tertiary alicyclic amines) is 1. The molecule has 0 bridgehead atoms. The monoisotopic (exact) mass is 247 g/mol. The van der Waals surface area contributed by atoms with E-state index in [0.717, 1.165) is 13.1 Å². The third-order valence-corrected chi connectivity index (χ3v) is 3.48. The maximum atomic E-state index is 5.62. The Morgan fingerprint density at radius 1 is 1.39 bits per heavy atom. The van der Waals surface area contributed by atoms with E-state index in [2.05, 4.69) is 22.0 Å². The summed E-state index contributed by atoms with van der Waals surface area (Å²) >= 11 is 0. The van der Waals surface area contributed by atoms with Crippen LogP contribution in [0.15, 0.2) is 27.2 Å². The zero-order chi connectivity index (χ0) is 12.4. The Bertz CT molecular complexity index is 492. The number of rotatable bonds is 3. The Morgan fingerprint density at radius 3 is 3.11 bits per heavy atom. The van der Waals surface area contributed by atoms with Crippen molar-refractivity contribution in [3.63, 3.8) is 0 Å². The highest BCUT2D eigenvalue weighted by Gasteiger charge is 2.21. The molecule has 5 nitrogen and oxygen atoms in total. The van der Waals surface area contributed by atoms with Gasteiger partial charge in [-0.2, -0.15) is 0 Å². The summed E-state index contributed by atoms with van der Waals surface area (Å²) < 4.78 is 10.9. The lowest BCUT2D eigenvalue weighted by molar-refractivity contribution is 0.139. The van der Waals surface area contributed by atoms with E-state index in [1.165, 1.54) is 19.3 Å². The lowest BCUT2D eigenvalue weighted by atomic mass is 10.0. The summed E-state index contributed by atoms with van der Waals surface area (Å²) in [6, 6.07) is 4.23. The van der Waals surface area contributed by atoms with Gasteiger partial charge < -0.3 is 8.83 Å². The lowest BCUT2D eigenvalue weighted by Gasteiger charge is -2.31. The van der Waals surface area contributed by atoms with Gasteiger partial charge in [-0.1, -0.05) is 6.42 Å². The third kappa shape index (κ3) is 2.31. The maximum Gasteiger partial charge on any atom is 0.283 e. The molecule has 0 aromatic carbocycles. The minimum Gasteiger partial charge on any atom is -0.459 e. The highest BCUT2D eigenvalue weighted by Crippen LogP contribution is 2.21. The van der Waals surface area contributed by atoms with E-state index in [9.17, 15) is 0 Å². The normalized spacial score (nSPS) is 21.3. The van der Waals surface area contributed by atoms with Gasteiger partial charge in [0.05, 0.1) is 12.8 Å². The summed E-state index contributed by atoms with van der Waals surface area (Å²) in [5.74, 6) is 1.75. The number of aromatic nitrogens is 2. The van der Waals surface area contributed by atoms with Crippen molar-refractivity contribution in [3.8, 4) is 11.7 Å². The second kappa shape index (κ2) is 4.94. The van der Waals surface area contributed by atoms with Crippen LogP contribution in [0.3, 0.4) is 0 Å². The predicted octanol–water partition coefficient (Wildman–Crippen LogP) is 2.70. The number of hydrogen-bond donors (Lipinski definition) is 0. The molecule has 0 amide bonds. The first-order chi connectivity index (χ1) is 8.83. The Kier molecular flexibility index (Phi) is 3.15. The van der Waals surface area contributed by atoms with E-state index in [1.54, 1.807) is 6.26 Å². The van der Waals surface area contributed by atoms with Crippen molar-refractivity contribution in [3.05, 3.63) is 24.3 Å². The van der Waals surface area contributed by atoms with Crippen LogP contribution in [0.25, 0.3) is 11.7 Å². The first-order valence-corrected chi connectivity index (χ1v) is 6.43. The summed E-state index contributed by atoms with van der Waals surface area (Å²) in [5.41, 5.74) is 0. The molecule has 5 heteroatoms.